The molecule has 1 rings (SSSR count). The topological polar surface area (TPSA) is 38.5 Å². The molecule has 1 heterocycles. The molecule has 1 aliphatic rings. The van der Waals surface area contributed by atoms with E-state index in [0.717, 1.165) is 26.1 Å². The van der Waals surface area contributed by atoms with Crippen molar-refractivity contribution in [3.05, 3.63) is 0 Å². The van der Waals surface area contributed by atoms with Crippen molar-refractivity contribution in [2.75, 3.05) is 19.6 Å². The fraction of sp³-hybridized carbons (Fsp3) is 1.00. The summed E-state index contributed by atoms with van der Waals surface area (Å²) in [5.74, 6) is 0. The molecular weight excluding hydrogens is 164 g/mol. The maximum atomic E-state index is 5.72. The van der Waals surface area contributed by atoms with Crippen molar-refractivity contribution in [1.82, 2.24) is 4.90 Å². The van der Waals surface area contributed by atoms with Gasteiger partial charge in [0.05, 0.1) is 12.2 Å². The lowest BCUT2D eigenvalue weighted by Crippen LogP contribution is -2.46. The Kier molecular flexibility index (Phi) is 4.16. The summed E-state index contributed by atoms with van der Waals surface area (Å²) >= 11 is 0. The van der Waals surface area contributed by atoms with Crippen LogP contribution in [0.1, 0.15) is 27.2 Å². The summed E-state index contributed by atoms with van der Waals surface area (Å²) in [4.78, 5) is 2.45. The highest BCUT2D eigenvalue weighted by atomic mass is 16.5. The highest BCUT2D eigenvalue weighted by Crippen LogP contribution is 2.10. The summed E-state index contributed by atoms with van der Waals surface area (Å²) in [6.45, 7) is 9.54. The molecule has 1 fully saturated rings. The maximum absolute atomic E-state index is 5.72. The molecule has 1 aliphatic heterocycles. The Morgan fingerprint density at radius 1 is 1.38 bits per heavy atom. The zero-order chi connectivity index (χ0) is 9.84. The molecule has 0 spiro atoms. The average molecular weight is 186 g/mol. The third-order valence-electron chi connectivity index (χ3n) is 2.40. The van der Waals surface area contributed by atoms with Gasteiger partial charge in [-0.2, -0.15) is 0 Å². The van der Waals surface area contributed by atoms with Crippen LogP contribution < -0.4 is 5.73 Å². The van der Waals surface area contributed by atoms with Gasteiger partial charge in [-0.1, -0.05) is 0 Å². The molecule has 13 heavy (non-hydrogen) atoms. The van der Waals surface area contributed by atoms with Crippen LogP contribution in [0.5, 0.6) is 0 Å². The van der Waals surface area contributed by atoms with E-state index in [2.05, 4.69) is 25.7 Å². The molecule has 3 nitrogen and oxygen atoms in total. The van der Waals surface area contributed by atoms with Crippen molar-refractivity contribution in [1.29, 1.82) is 0 Å². The Labute approximate surface area is 81.2 Å². The molecule has 0 bridgehead atoms. The van der Waals surface area contributed by atoms with Crippen LogP contribution in [-0.2, 0) is 4.74 Å². The SMILES string of the molecule is CC(N)CCN1C[C@@H](C)O[C@@H](C)C1. The van der Waals surface area contributed by atoms with Crippen molar-refractivity contribution < 1.29 is 4.74 Å². The molecule has 0 aromatic carbocycles. The molecule has 0 saturated carbocycles. The van der Waals surface area contributed by atoms with Gasteiger partial charge in [0.25, 0.3) is 0 Å². The smallest absolute Gasteiger partial charge is 0.0678 e. The fourth-order valence-electron chi connectivity index (χ4n) is 1.85. The van der Waals surface area contributed by atoms with Crippen LogP contribution >= 0.6 is 0 Å². The molecular formula is C10H22N2O. The standard InChI is InChI=1S/C10H22N2O/c1-8(11)4-5-12-6-9(2)13-10(3)7-12/h8-10H,4-7,11H2,1-3H3/t8?,9-,10+. The molecule has 0 radical (unpaired) electrons. The zero-order valence-corrected chi connectivity index (χ0v) is 8.99. The second-order valence-corrected chi connectivity index (χ2v) is 4.28. The van der Waals surface area contributed by atoms with Crippen LogP contribution in [0.15, 0.2) is 0 Å². The number of morpholine rings is 1. The summed E-state index contributed by atoms with van der Waals surface area (Å²) < 4.78 is 5.65. The largest absolute Gasteiger partial charge is 0.373 e. The van der Waals surface area contributed by atoms with Gasteiger partial charge in [0.1, 0.15) is 0 Å². The van der Waals surface area contributed by atoms with E-state index in [4.69, 9.17) is 10.5 Å². The maximum Gasteiger partial charge on any atom is 0.0678 e. The van der Waals surface area contributed by atoms with Crippen LogP contribution in [0.2, 0.25) is 0 Å². The molecule has 78 valence electrons. The lowest BCUT2D eigenvalue weighted by atomic mass is 10.2. The minimum Gasteiger partial charge on any atom is -0.373 e. The second kappa shape index (κ2) is 4.94. The van der Waals surface area contributed by atoms with Crippen LogP contribution in [0.4, 0.5) is 0 Å². The van der Waals surface area contributed by atoms with E-state index in [0.29, 0.717) is 18.2 Å². The predicted molar refractivity (Wildman–Crippen MR) is 54.7 cm³/mol. The van der Waals surface area contributed by atoms with E-state index in [9.17, 15) is 0 Å². The Bertz CT molecular complexity index is 140. The molecule has 1 saturated heterocycles. The monoisotopic (exact) mass is 186 g/mol. The lowest BCUT2D eigenvalue weighted by molar-refractivity contribution is -0.0683. The van der Waals surface area contributed by atoms with E-state index in [1.165, 1.54) is 0 Å². The Balaban J connectivity index is 2.25. The number of nitrogens with zero attached hydrogens (tertiary/aromatic N) is 1. The first kappa shape index (κ1) is 11.0. The number of ether oxygens (including phenoxy) is 1. The lowest BCUT2D eigenvalue weighted by Gasteiger charge is -2.35. The van der Waals surface area contributed by atoms with Crippen LogP contribution in [0.3, 0.4) is 0 Å². The molecule has 3 atom stereocenters. The predicted octanol–water partition coefficient (Wildman–Crippen LogP) is 0.833. The van der Waals surface area contributed by atoms with E-state index in [1.807, 2.05) is 0 Å². The Hall–Kier alpha value is -0.120. The van der Waals surface area contributed by atoms with E-state index >= 15 is 0 Å². The molecule has 1 unspecified atom stereocenters. The van der Waals surface area contributed by atoms with Crippen molar-refractivity contribution in [2.45, 2.75) is 45.4 Å². The summed E-state index contributed by atoms with van der Waals surface area (Å²) in [5, 5.41) is 0. The summed E-state index contributed by atoms with van der Waals surface area (Å²) in [6, 6.07) is 0.313. The molecule has 0 aromatic rings. The third-order valence-corrected chi connectivity index (χ3v) is 2.40. The average Bonchev–Trinajstić information content (AvgIpc) is 1.99. The van der Waals surface area contributed by atoms with Crippen LogP contribution in [-0.4, -0.2) is 42.8 Å². The first-order valence-electron chi connectivity index (χ1n) is 5.21. The summed E-state index contributed by atoms with van der Waals surface area (Å²) in [5.41, 5.74) is 5.72. The number of hydrogen-bond acceptors (Lipinski definition) is 3. The van der Waals surface area contributed by atoms with Crippen molar-refractivity contribution in [3.63, 3.8) is 0 Å². The van der Waals surface area contributed by atoms with Crippen LogP contribution in [0, 0.1) is 0 Å². The summed E-state index contributed by atoms with van der Waals surface area (Å²) in [7, 11) is 0. The van der Waals surface area contributed by atoms with Gasteiger partial charge in [0, 0.05) is 19.1 Å². The molecule has 3 heteroatoms. The van der Waals surface area contributed by atoms with Gasteiger partial charge in [-0.05, 0) is 33.7 Å². The first-order valence-corrected chi connectivity index (χ1v) is 5.21. The number of nitrogens with two attached hydrogens (primary N) is 1. The van der Waals surface area contributed by atoms with Gasteiger partial charge in [-0.15, -0.1) is 0 Å². The first-order chi connectivity index (χ1) is 6.08. The summed E-state index contributed by atoms with van der Waals surface area (Å²) in [6.07, 6.45) is 1.83. The minimum absolute atomic E-state index is 0.313. The highest BCUT2D eigenvalue weighted by molar-refractivity contribution is 4.73. The molecule has 2 N–H and O–H groups in total. The number of hydrogen-bond donors (Lipinski definition) is 1. The number of rotatable bonds is 3. The van der Waals surface area contributed by atoms with Crippen molar-refractivity contribution in [3.8, 4) is 0 Å². The second-order valence-electron chi connectivity index (χ2n) is 4.28. The van der Waals surface area contributed by atoms with E-state index in [-0.39, 0.29) is 0 Å². The molecule has 0 aliphatic carbocycles. The Morgan fingerprint density at radius 2 is 1.92 bits per heavy atom. The Morgan fingerprint density at radius 3 is 2.38 bits per heavy atom. The van der Waals surface area contributed by atoms with Crippen molar-refractivity contribution in [2.24, 2.45) is 5.73 Å². The highest BCUT2D eigenvalue weighted by Gasteiger charge is 2.21. The normalized spacial score (nSPS) is 33.2. The quantitative estimate of drug-likeness (QED) is 0.709. The van der Waals surface area contributed by atoms with Gasteiger partial charge in [0.2, 0.25) is 0 Å². The van der Waals surface area contributed by atoms with E-state index < -0.39 is 0 Å². The van der Waals surface area contributed by atoms with Crippen LogP contribution in [0.25, 0.3) is 0 Å². The molecule has 0 amide bonds. The van der Waals surface area contributed by atoms with Gasteiger partial charge in [0.15, 0.2) is 0 Å². The molecule has 0 aromatic heterocycles. The fourth-order valence-corrected chi connectivity index (χ4v) is 1.85. The van der Waals surface area contributed by atoms with Gasteiger partial charge >= 0.3 is 0 Å². The minimum atomic E-state index is 0.313. The van der Waals surface area contributed by atoms with Gasteiger partial charge in [-0.3, -0.25) is 4.90 Å². The van der Waals surface area contributed by atoms with Crippen molar-refractivity contribution >= 4 is 0 Å². The van der Waals surface area contributed by atoms with E-state index in [1.54, 1.807) is 0 Å². The zero-order valence-electron chi connectivity index (χ0n) is 8.99. The van der Waals surface area contributed by atoms with Gasteiger partial charge in [-0.25, -0.2) is 0 Å². The van der Waals surface area contributed by atoms with Gasteiger partial charge < -0.3 is 10.5 Å². The third kappa shape index (κ3) is 4.07.